The van der Waals surface area contributed by atoms with Gasteiger partial charge in [-0.05, 0) is 5.46 Å². The number of fused-ring (bicyclic) bond motifs is 1. The molecule has 3 heterocycles. The minimum atomic E-state index is 0.593. The van der Waals surface area contributed by atoms with Gasteiger partial charge in [-0.2, -0.15) is 9.61 Å². The van der Waals surface area contributed by atoms with E-state index in [0.29, 0.717) is 12.5 Å². The molecule has 4 rings (SSSR count). The SMILES string of the molecule is Bc1cnn2c(NCc3cnc(NC)nc3)cc(-c3ccccc3)nc12. The Labute approximate surface area is 151 Å². The topological polar surface area (TPSA) is 80.0 Å². The highest BCUT2D eigenvalue weighted by Crippen LogP contribution is 2.21. The second kappa shape index (κ2) is 6.83. The van der Waals surface area contributed by atoms with Crippen molar-refractivity contribution in [3.8, 4) is 11.3 Å². The Balaban J connectivity index is 1.68. The van der Waals surface area contributed by atoms with E-state index in [0.717, 1.165) is 33.7 Å². The third-order valence-corrected chi connectivity index (χ3v) is 4.12. The van der Waals surface area contributed by atoms with Gasteiger partial charge in [0.2, 0.25) is 5.95 Å². The third kappa shape index (κ3) is 3.09. The smallest absolute Gasteiger partial charge is 0.222 e. The van der Waals surface area contributed by atoms with E-state index in [1.807, 2.05) is 42.8 Å². The van der Waals surface area contributed by atoms with E-state index >= 15 is 0 Å². The summed E-state index contributed by atoms with van der Waals surface area (Å²) in [7, 11) is 3.81. The van der Waals surface area contributed by atoms with Crippen LogP contribution in [-0.4, -0.2) is 39.5 Å². The number of nitrogens with zero attached hydrogens (tertiary/aromatic N) is 5. The largest absolute Gasteiger partial charge is 0.366 e. The van der Waals surface area contributed by atoms with Crippen molar-refractivity contribution in [1.29, 1.82) is 0 Å². The van der Waals surface area contributed by atoms with E-state index in [4.69, 9.17) is 4.98 Å². The second-order valence-electron chi connectivity index (χ2n) is 5.97. The molecule has 0 spiro atoms. The average molecular weight is 343 g/mol. The fourth-order valence-corrected chi connectivity index (χ4v) is 2.72. The van der Waals surface area contributed by atoms with Crippen LogP contribution in [0.1, 0.15) is 5.56 Å². The highest BCUT2D eigenvalue weighted by molar-refractivity contribution is 6.36. The summed E-state index contributed by atoms with van der Waals surface area (Å²) in [6.45, 7) is 0.593. The maximum atomic E-state index is 4.77. The van der Waals surface area contributed by atoms with Crippen molar-refractivity contribution in [2.24, 2.45) is 0 Å². The van der Waals surface area contributed by atoms with E-state index in [-0.39, 0.29) is 0 Å². The van der Waals surface area contributed by atoms with Crippen molar-refractivity contribution in [2.75, 3.05) is 17.7 Å². The normalized spacial score (nSPS) is 10.8. The number of hydrogen-bond acceptors (Lipinski definition) is 6. The Bertz CT molecular complexity index is 1030. The summed E-state index contributed by atoms with van der Waals surface area (Å²) < 4.78 is 1.82. The Kier molecular flexibility index (Phi) is 4.22. The molecule has 0 fully saturated rings. The first kappa shape index (κ1) is 16.1. The molecular formula is C18H18BN7. The monoisotopic (exact) mass is 343 g/mol. The molecule has 4 aromatic rings. The lowest BCUT2D eigenvalue weighted by atomic mass is 10.0. The second-order valence-corrected chi connectivity index (χ2v) is 5.97. The molecule has 0 aliphatic rings. The van der Waals surface area contributed by atoms with Crippen LogP contribution in [0.4, 0.5) is 11.8 Å². The van der Waals surface area contributed by atoms with Crippen LogP contribution < -0.4 is 16.1 Å². The van der Waals surface area contributed by atoms with Crippen molar-refractivity contribution in [2.45, 2.75) is 6.54 Å². The summed E-state index contributed by atoms with van der Waals surface area (Å²) in [6.07, 6.45) is 5.43. The Hall–Kier alpha value is -3.42. The highest BCUT2D eigenvalue weighted by atomic mass is 15.3. The zero-order valence-corrected chi connectivity index (χ0v) is 14.6. The molecule has 0 amide bonds. The van der Waals surface area contributed by atoms with E-state index < -0.39 is 0 Å². The molecular weight excluding hydrogens is 325 g/mol. The number of rotatable bonds is 5. The highest BCUT2D eigenvalue weighted by Gasteiger charge is 2.10. The van der Waals surface area contributed by atoms with Crippen LogP contribution in [0.2, 0.25) is 0 Å². The van der Waals surface area contributed by atoms with Crippen molar-refractivity contribution >= 4 is 30.7 Å². The van der Waals surface area contributed by atoms with Crippen molar-refractivity contribution in [3.63, 3.8) is 0 Å². The van der Waals surface area contributed by atoms with Crippen molar-refractivity contribution in [1.82, 2.24) is 24.6 Å². The molecule has 3 aromatic heterocycles. The Morgan fingerprint density at radius 2 is 1.85 bits per heavy atom. The summed E-state index contributed by atoms with van der Waals surface area (Å²) in [6, 6.07) is 12.1. The minimum Gasteiger partial charge on any atom is -0.366 e. The number of benzene rings is 1. The predicted molar refractivity (Wildman–Crippen MR) is 106 cm³/mol. The third-order valence-electron chi connectivity index (χ3n) is 4.12. The number of anilines is 2. The summed E-state index contributed by atoms with van der Waals surface area (Å²) in [5.74, 6) is 1.48. The quantitative estimate of drug-likeness (QED) is 0.528. The molecule has 2 N–H and O–H groups in total. The van der Waals surface area contributed by atoms with Crippen molar-refractivity contribution < 1.29 is 0 Å². The van der Waals surface area contributed by atoms with Crippen LogP contribution >= 0.6 is 0 Å². The molecule has 8 heteroatoms. The summed E-state index contributed by atoms with van der Waals surface area (Å²) >= 11 is 0. The van der Waals surface area contributed by atoms with Crippen molar-refractivity contribution in [3.05, 3.63) is 60.6 Å². The first-order chi connectivity index (χ1) is 12.7. The van der Waals surface area contributed by atoms with Crippen LogP contribution in [0.5, 0.6) is 0 Å². The van der Waals surface area contributed by atoms with Crippen LogP contribution in [-0.2, 0) is 6.54 Å². The molecule has 0 aliphatic carbocycles. The van der Waals surface area contributed by atoms with Gasteiger partial charge in [0.15, 0.2) is 5.65 Å². The van der Waals surface area contributed by atoms with E-state index in [1.165, 1.54) is 0 Å². The molecule has 0 radical (unpaired) electrons. The minimum absolute atomic E-state index is 0.593. The fourth-order valence-electron chi connectivity index (χ4n) is 2.72. The Morgan fingerprint density at radius 3 is 2.58 bits per heavy atom. The lowest BCUT2D eigenvalue weighted by Crippen LogP contribution is -2.10. The molecule has 0 saturated heterocycles. The van der Waals surface area contributed by atoms with Gasteiger partial charge in [0.25, 0.3) is 0 Å². The van der Waals surface area contributed by atoms with E-state index in [9.17, 15) is 0 Å². The van der Waals surface area contributed by atoms with E-state index in [1.54, 1.807) is 19.4 Å². The zero-order valence-electron chi connectivity index (χ0n) is 14.6. The van der Waals surface area contributed by atoms with Gasteiger partial charge in [-0.3, -0.25) is 0 Å². The Morgan fingerprint density at radius 1 is 1.08 bits per heavy atom. The molecule has 0 saturated carbocycles. The molecule has 1 aromatic carbocycles. The molecule has 7 nitrogen and oxygen atoms in total. The van der Waals surface area contributed by atoms with Crippen LogP contribution in [0.3, 0.4) is 0 Å². The molecule has 0 bridgehead atoms. The predicted octanol–water partition coefficient (Wildman–Crippen LogP) is 1.10. The van der Waals surface area contributed by atoms with Crippen LogP contribution in [0.25, 0.3) is 16.9 Å². The fraction of sp³-hybridized carbons (Fsp3) is 0.111. The van der Waals surface area contributed by atoms with Gasteiger partial charge in [-0.1, -0.05) is 30.3 Å². The van der Waals surface area contributed by atoms with Gasteiger partial charge in [0.05, 0.1) is 5.69 Å². The standard InChI is InChI=1S/C18H18BN7/c1-20-18-22-9-12(10-23-18)8-21-16-7-15(13-5-3-2-4-6-13)25-17-14(19)11-24-26(16)17/h2-7,9-11,21H,8,19H2,1H3,(H,20,22,23). The average Bonchev–Trinajstić information content (AvgIpc) is 3.08. The van der Waals surface area contributed by atoms with Crippen LogP contribution in [0.15, 0.2) is 55.0 Å². The van der Waals surface area contributed by atoms with Crippen LogP contribution in [0, 0.1) is 0 Å². The lowest BCUT2D eigenvalue weighted by molar-refractivity contribution is 0.923. The lowest BCUT2D eigenvalue weighted by Gasteiger charge is -2.11. The summed E-state index contributed by atoms with van der Waals surface area (Å²) in [4.78, 5) is 13.3. The van der Waals surface area contributed by atoms with Gasteiger partial charge >= 0.3 is 0 Å². The van der Waals surface area contributed by atoms with Gasteiger partial charge in [-0.15, -0.1) is 0 Å². The summed E-state index contributed by atoms with van der Waals surface area (Å²) in [5, 5.41) is 10.8. The first-order valence-corrected chi connectivity index (χ1v) is 8.38. The molecule has 0 atom stereocenters. The maximum absolute atomic E-state index is 4.77. The van der Waals surface area contributed by atoms with Gasteiger partial charge in [0, 0.05) is 49.4 Å². The maximum Gasteiger partial charge on any atom is 0.222 e. The molecule has 0 aliphatic heterocycles. The zero-order chi connectivity index (χ0) is 17.9. The van der Waals surface area contributed by atoms with E-state index in [2.05, 4.69) is 37.8 Å². The molecule has 0 unspecified atom stereocenters. The van der Waals surface area contributed by atoms with Gasteiger partial charge in [-0.25, -0.2) is 15.0 Å². The number of hydrogen-bond donors (Lipinski definition) is 2. The first-order valence-electron chi connectivity index (χ1n) is 8.38. The molecule has 128 valence electrons. The van der Waals surface area contributed by atoms with Gasteiger partial charge < -0.3 is 10.6 Å². The molecule has 26 heavy (non-hydrogen) atoms. The number of nitrogens with one attached hydrogen (secondary N) is 2. The van der Waals surface area contributed by atoms with Gasteiger partial charge in [0.1, 0.15) is 13.7 Å². The summed E-state index contributed by atoms with van der Waals surface area (Å²) in [5.41, 5.74) is 4.84. The number of aromatic nitrogens is 5.